The van der Waals surface area contributed by atoms with E-state index >= 15 is 0 Å². The first-order valence-corrected chi connectivity index (χ1v) is 4.08. The molecule has 1 rings (SSSR count). The van der Waals surface area contributed by atoms with Gasteiger partial charge in [-0.15, -0.1) is 0 Å². The number of aromatic nitrogens is 1. The topological polar surface area (TPSA) is 68.1 Å². The van der Waals surface area contributed by atoms with Gasteiger partial charge in [0.2, 0.25) is 0 Å². The lowest BCUT2D eigenvalue weighted by molar-refractivity contribution is -0.384. The van der Waals surface area contributed by atoms with E-state index in [2.05, 4.69) is 16.9 Å². The summed E-state index contributed by atoms with van der Waals surface area (Å²) in [5.74, 6) is 0.488. The summed E-state index contributed by atoms with van der Waals surface area (Å²) in [6.07, 6.45) is 1.40. The Bertz CT molecular complexity index is 363. The highest BCUT2D eigenvalue weighted by molar-refractivity contribution is 5.44. The lowest BCUT2D eigenvalue weighted by atomic mass is 10.3. The fraction of sp³-hybridized carbons (Fsp3) is 0.222. The summed E-state index contributed by atoms with van der Waals surface area (Å²) in [6.45, 7) is 6.13. The van der Waals surface area contributed by atoms with Crippen molar-refractivity contribution in [3.8, 4) is 0 Å². The van der Waals surface area contributed by atoms with Crippen LogP contribution in [0.4, 0.5) is 11.5 Å². The van der Waals surface area contributed by atoms with Crippen molar-refractivity contribution in [1.82, 2.24) is 4.98 Å². The molecule has 0 saturated carbocycles. The Morgan fingerprint density at radius 3 is 3.07 bits per heavy atom. The van der Waals surface area contributed by atoms with Crippen LogP contribution in [0.2, 0.25) is 0 Å². The molecule has 1 aromatic rings. The zero-order chi connectivity index (χ0) is 10.6. The van der Waals surface area contributed by atoms with Crippen LogP contribution in [0, 0.1) is 10.1 Å². The van der Waals surface area contributed by atoms with Crippen molar-refractivity contribution in [2.45, 2.75) is 6.92 Å². The molecular formula is C9H11N3O2. The zero-order valence-corrected chi connectivity index (χ0v) is 7.86. The van der Waals surface area contributed by atoms with Crippen molar-refractivity contribution >= 4 is 11.5 Å². The van der Waals surface area contributed by atoms with Gasteiger partial charge in [0.05, 0.1) is 11.0 Å². The van der Waals surface area contributed by atoms with E-state index in [0.717, 1.165) is 5.57 Å². The van der Waals surface area contributed by atoms with Gasteiger partial charge in [-0.3, -0.25) is 10.1 Å². The highest BCUT2D eigenvalue weighted by atomic mass is 16.6. The molecule has 0 unspecified atom stereocenters. The first-order valence-electron chi connectivity index (χ1n) is 4.08. The minimum absolute atomic E-state index is 0.0317. The summed E-state index contributed by atoms with van der Waals surface area (Å²) in [5.41, 5.74) is 0.975. The minimum Gasteiger partial charge on any atom is -0.366 e. The quantitative estimate of drug-likeness (QED) is 0.451. The third-order valence-corrected chi connectivity index (χ3v) is 1.53. The molecule has 0 aliphatic heterocycles. The van der Waals surface area contributed by atoms with E-state index in [9.17, 15) is 10.1 Å². The number of pyridine rings is 1. The average Bonchev–Trinajstić information content (AvgIpc) is 2.15. The molecule has 74 valence electrons. The third kappa shape index (κ3) is 2.85. The molecule has 0 spiro atoms. The summed E-state index contributed by atoms with van der Waals surface area (Å²) in [5, 5.41) is 13.3. The maximum Gasteiger partial charge on any atom is 0.274 e. The molecule has 0 amide bonds. The number of rotatable bonds is 4. The normalized spacial score (nSPS) is 9.50. The van der Waals surface area contributed by atoms with Gasteiger partial charge in [0, 0.05) is 18.8 Å². The average molecular weight is 193 g/mol. The fourth-order valence-electron chi connectivity index (χ4n) is 0.871. The molecule has 5 nitrogen and oxygen atoms in total. The van der Waals surface area contributed by atoms with Crippen LogP contribution in [0.1, 0.15) is 6.92 Å². The molecule has 1 N–H and O–H groups in total. The van der Waals surface area contributed by atoms with Crippen LogP contribution in [0.15, 0.2) is 30.5 Å². The van der Waals surface area contributed by atoms with Crippen LogP contribution in [0.3, 0.4) is 0 Å². The summed E-state index contributed by atoms with van der Waals surface area (Å²) < 4.78 is 0. The second kappa shape index (κ2) is 4.36. The maximum atomic E-state index is 10.4. The van der Waals surface area contributed by atoms with Gasteiger partial charge in [-0.25, -0.2) is 4.98 Å². The Labute approximate surface area is 81.6 Å². The van der Waals surface area contributed by atoms with Crippen LogP contribution in [0.5, 0.6) is 0 Å². The molecule has 5 heteroatoms. The molecule has 14 heavy (non-hydrogen) atoms. The number of nitrogens with zero attached hydrogens (tertiary/aromatic N) is 2. The largest absolute Gasteiger partial charge is 0.366 e. The number of hydrogen-bond donors (Lipinski definition) is 1. The first-order chi connectivity index (χ1) is 6.59. The van der Waals surface area contributed by atoms with E-state index in [-0.39, 0.29) is 5.69 Å². The summed E-state index contributed by atoms with van der Waals surface area (Å²) in [4.78, 5) is 13.9. The van der Waals surface area contributed by atoms with Gasteiger partial charge in [0.25, 0.3) is 5.69 Å². The van der Waals surface area contributed by atoms with Crippen molar-refractivity contribution in [2.24, 2.45) is 0 Å². The SMILES string of the molecule is C=C(C)CNc1cc([N+](=O)[O-])ccn1. The van der Waals surface area contributed by atoms with Gasteiger partial charge in [-0.05, 0) is 6.92 Å². The Morgan fingerprint density at radius 1 is 1.79 bits per heavy atom. The minimum atomic E-state index is -0.451. The number of nitro groups is 1. The van der Waals surface area contributed by atoms with Crippen molar-refractivity contribution in [3.63, 3.8) is 0 Å². The van der Waals surface area contributed by atoms with Crippen LogP contribution in [-0.2, 0) is 0 Å². The van der Waals surface area contributed by atoms with Gasteiger partial charge >= 0.3 is 0 Å². The number of nitrogens with one attached hydrogen (secondary N) is 1. The van der Waals surface area contributed by atoms with Gasteiger partial charge in [-0.1, -0.05) is 12.2 Å². The van der Waals surface area contributed by atoms with Gasteiger partial charge < -0.3 is 5.32 Å². The van der Waals surface area contributed by atoms with Crippen LogP contribution in [0.25, 0.3) is 0 Å². The summed E-state index contributed by atoms with van der Waals surface area (Å²) in [7, 11) is 0. The second-order valence-electron chi connectivity index (χ2n) is 2.97. The van der Waals surface area contributed by atoms with E-state index in [0.29, 0.717) is 12.4 Å². The van der Waals surface area contributed by atoms with Crippen molar-refractivity contribution in [3.05, 3.63) is 40.6 Å². The van der Waals surface area contributed by atoms with Crippen molar-refractivity contribution in [1.29, 1.82) is 0 Å². The highest BCUT2D eigenvalue weighted by Crippen LogP contribution is 2.13. The van der Waals surface area contributed by atoms with E-state index in [1.54, 1.807) is 0 Å². The maximum absolute atomic E-state index is 10.4. The van der Waals surface area contributed by atoms with Gasteiger partial charge in [0.1, 0.15) is 5.82 Å². The molecule has 0 radical (unpaired) electrons. The van der Waals surface area contributed by atoms with Gasteiger partial charge in [-0.2, -0.15) is 0 Å². The molecule has 0 saturated heterocycles. The predicted octanol–water partition coefficient (Wildman–Crippen LogP) is 1.98. The lowest BCUT2D eigenvalue weighted by Gasteiger charge is -2.03. The van der Waals surface area contributed by atoms with Crippen LogP contribution in [-0.4, -0.2) is 16.5 Å². The zero-order valence-electron chi connectivity index (χ0n) is 7.86. The number of hydrogen-bond acceptors (Lipinski definition) is 4. The predicted molar refractivity (Wildman–Crippen MR) is 54.2 cm³/mol. The van der Waals surface area contributed by atoms with Gasteiger partial charge in [0.15, 0.2) is 0 Å². The van der Waals surface area contributed by atoms with Crippen LogP contribution >= 0.6 is 0 Å². The molecule has 0 aliphatic carbocycles. The molecule has 1 heterocycles. The van der Waals surface area contributed by atoms with E-state index in [1.807, 2.05) is 6.92 Å². The van der Waals surface area contributed by atoms with Crippen molar-refractivity contribution in [2.75, 3.05) is 11.9 Å². The molecule has 1 aromatic heterocycles. The molecule has 0 bridgehead atoms. The smallest absolute Gasteiger partial charge is 0.274 e. The third-order valence-electron chi connectivity index (χ3n) is 1.53. The van der Waals surface area contributed by atoms with E-state index < -0.39 is 4.92 Å². The molecule has 0 aromatic carbocycles. The van der Waals surface area contributed by atoms with E-state index in [1.165, 1.54) is 18.3 Å². The highest BCUT2D eigenvalue weighted by Gasteiger charge is 2.05. The Morgan fingerprint density at radius 2 is 2.50 bits per heavy atom. The Hall–Kier alpha value is -1.91. The van der Waals surface area contributed by atoms with Crippen molar-refractivity contribution < 1.29 is 4.92 Å². The summed E-state index contributed by atoms with van der Waals surface area (Å²) >= 11 is 0. The monoisotopic (exact) mass is 193 g/mol. The summed E-state index contributed by atoms with van der Waals surface area (Å²) in [6, 6.07) is 2.74. The fourth-order valence-corrected chi connectivity index (χ4v) is 0.871. The molecule has 0 aliphatic rings. The Kier molecular flexibility index (Phi) is 3.17. The molecule has 0 fully saturated rings. The number of anilines is 1. The Balaban J connectivity index is 2.73. The molecular weight excluding hydrogens is 182 g/mol. The second-order valence-corrected chi connectivity index (χ2v) is 2.97. The standard InChI is InChI=1S/C9H11N3O2/c1-7(2)6-11-9-5-8(12(13)14)3-4-10-9/h3-5H,1,6H2,2H3,(H,10,11). The molecule has 0 atom stereocenters. The lowest BCUT2D eigenvalue weighted by Crippen LogP contribution is -2.03. The van der Waals surface area contributed by atoms with Crippen LogP contribution < -0.4 is 5.32 Å². The van der Waals surface area contributed by atoms with E-state index in [4.69, 9.17) is 0 Å². The first kappa shape index (κ1) is 10.2.